The van der Waals surface area contributed by atoms with Gasteiger partial charge in [-0.15, -0.1) is 0 Å². The molecule has 0 heterocycles. The Labute approximate surface area is 98.8 Å². The molecule has 4 nitrogen and oxygen atoms in total. The van der Waals surface area contributed by atoms with E-state index in [-0.39, 0.29) is 17.9 Å². The fraction of sp³-hybridized carbons (Fsp3) is 0.917. The van der Waals surface area contributed by atoms with Crippen LogP contribution in [0.2, 0.25) is 0 Å². The third-order valence-corrected chi connectivity index (χ3v) is 2.87. The summed E-state index contributed by atoms with van der Waals surface area (Å²) in [7, 11) is 4.06. The Balaban J connectivity index is 2.45. The average molecular weight is 227 g/mol. The molecule has 2 atom stereocenters. The maximum Gasteiger partial charge on any atom is 0.227 e. The highest BCUT2D eigenvalue weighted by Gasteiger charge is 2.42. The molecule has 0 aliphatic heterocycles. The summed E-state index contributed by atoms with van der Waals surface area (Å²) in [6.45, 7) is 6.86. The van der Waals surface area contributed by atoms with Crippen LogP contribution in [0.15, 0.2) is 0 Å². The van der Waals surface area contributed by atoms with Gasteiger partial charge in [-0.1, -0.05) is 13.8 Å². The van der Waals surface area contributed by atoms with E-state index < -0.39 is 0 Å². The molecule has 1 saturated carbocycles. The van der Waals surface area contributed by atoms with Crippen LogP contribution in [-0.4, -0.2) is 55.5 Å². The van der Waals surface area contributed by atoms with E-state index in [1.807, 2.05) is 19.0 Å². The van der Waals surface area contributed by atoms with Gasteiger partial charge >= 0.3 is 0 Å². The zero-order chi connectivity index (χ0) is 12.3. The van der Waals surface area contributed by atoms with Crippen molar-refractivity contribution in [1.29, 1.82) is 0 Å². The van der Waals surface area contributed by atoms with Crippen molar-refractivity contribution in [3.63, 3.8) is 0 Å². The van der Waals surface area contributed by atoms with Crippen LogP contribution in [0.1, 0.15) is 20.3 Å². The first kappa shape index (κ1) is 13.5. The van der Waals surface area contributed by atoms with E-state index in [2.05, 4.69) is 18.7 Å². The standard InChI is InChI=1S/C12H25N3O/c1-9(2)8-15(6-5-14(3)4)12(16)10-7-11(10)13/h9-11H,5-8,13H2,1-4H3. The molecule has 1 aliphatic carbocycles. The second-order valence-electron chi connectivity index (χ2n) is 5.49. The number of carbonyl (C=O) groups excluding carboxylic acids is 1. The van der Waals surface area contributed by atoms with Crippen molar-refractivity contribution in [2.45, 2.75) is 26.3 Å². The summed E-state index contributed by atoms with van der Waals surface area (Å²) in [5, 5.41) is 0. The predicted molar refractivity (Wildman–Crippen MR) is 66.1 cm³/mol. The number of nitrogens with two attached hydrogens (primary N) is 1. The number of carbonyl (C=O) groups is 1. The monoisotopic (exact) mass is 227 g/mol. The highest BCUT2D eigenvalue weighted by atomic mass is 16.2. The van der Waals surface area contributed by atoms with Gasteiger partial charge < -0.3 is 15.5 Å². The van der Waals surface area contributed by atoms with Crippen molar-refractivity contribution < 1.29 is 4.79 Å². The summed E-state index contributed by atoms with van der Waals surface area (Å²) in [4.78, 5) is 16.2. The first-order valence-corrected chi connectivity index (χ1v) is 6.11. The third kappa shape index (κ3) is 4.10. The van der Waals surface area contributed by atoms with Gasteiger partial charge in [0, 0.05) is 25.7 Å². The van der Waals surface area contributed by atoms with Crippen LogP contribution in [0.25, 0.3) is 0 Å². The molecule has 1 amide bonds. The number of hydrogen-bond donors (Lipinski definition) is 1. The van der Waals surface area contributed by atoms with Crippen molar-refractivity contribution in [2.24, 2.45) is 17.6 Å². The Bertz CT molecular complexity index is 240. The molecule has 1 fully saturated rings. The van der Waals surface area contributed by atoms with Gasteiger partial charge in [-0.25, -0.2) is 0 Å². The molecule has 0 spiro atoms. The van der Waals surface area contributed by atoms with Crippen LogP contribution in [0.4, 0.5) is 0 Å². The summed E-state index contributed by atoms with van der Waals surface area (Å²) >= 11 is 0. The van der Waals surface area contributed by atoms with Gasteiger partial charge in [0.2, 0.25) is 5.91 Å². The lowest BCUT2D eigenvalue weighted by atomic mass is 10.2. The van der Waals surface area contributed by atoms with Gasteiger partial charge in [0.15, 0.2) is 0 Å². The molecule has 0 radical (unpaired) electrons. The molecule has 4 heteroatoms. The predicted octanol–water partition coefficient (Wildman–Crippen LogP) is 0.380. The van der Waals surface area contributed by atoms with E-state index >= 15 is 0 Å². The zero-order valence-corrected chi connectivity index (χ0v) is 10.9. The van der Waals surface area contributed by atoms with E-state index in [0.717, 1.165) is 26.1 Å². The lowest BCUT2D eigenvalue weighted by molar-refractivity contribution is -0.133. The molecule has 94 valence electrons. The maximum atomic E-state index is 12.1. The van der Waals surface area contributed by atoms with E-state index in [1.54, 1.807) is 0 Å². The Kier molecular flexibility index (Phi) is 4.74. The topological polar surface area (TPSA) is 49.6 Å². The highest BCUT2D eigenvalue weighted by molar-refractivity contribution is 5.82. The normalized spacial score (nSPS) is 23.9. The molecule has 0 aromatic carbocycles. The smallest absolute Gasteiger partial charge is 0.227 e. The summed E-state index contributed by atoms with van der Waals surface area (Å²) in [6.07, 6.45) is 0.870. The van der Waals surface area contributed by atoms with Gasteiger partial charge in [-0.3, -0.25) is 4.79 Å². The maximum absolute atomic E-state index is 12.1. The fourth-order valence-electron chi connectivity index (χ4n) is 1.79. The minimum atomic E-state index is 0.0981. The second-order valence-corrected chi connectivity index (χ2v) is 5.49. The second kappa shape index (κ2) is 5.64. The van der Waals surface area contributed by atoms with Gasteiger partial charge in [-0.05, 0) is 26.4 Å². The Hall–Kier alpha value is -0.610. The molecule has 1 aliphatic rings. The number of hydrogen-bond acceptors (Lipinski definition) is 3. The van der Waals surface area contributed by atoms with Crippen molar-refractivity contribution in [1.82, 2.24) is 9.80 Å². The summed E-state index contributed by atoms with van der Waals surface area (Å²) in [5.41, 5.74) is 5.73. The van der Waals surface area contributed by atoms with Crippen LogP contribution in [0.5, 0.6) is 0 Å². The molecule has 16 heavy (non-hydrogen) atoms. The SMILES string of the molecule is CC(C)CN(CCN(C)C)C(=O)C1CC1N. The van der Waals surface area contributed by atoms with Gasteiger partial charge in [0.05, 0.1) is 5.92 Å². The number of amides is 1. The quantitative estimate of drug-likeness (QED) is 0.713. The average Bonchev–Trinajstić information content (AvgIpc) is 2.88. The molecule has 0 aromatic rings. The molecular weight excluding hydrogens is 202 g/mol. The van der Waals surface area contributed by atoms with E-state index in [9.17, 15) is 4.79 Å². The molecule has 0 bridgehead atoms. The molecule has 0 saturated heterocycles. The van der Waals surface area contributed by atoms with Crippen LogP contribution in [0.3, 0.4) is 0 Å². The van der Waals surface area contributed by atoms with E-state index in [1.165, 1.54) is 0 Å². The first-order valence-electron chi connectivity index (χ1n) is 6.11. The fourth-order valence-corrected chi connectivity index (χ4v) is 1.79. The Morgan fingerprint density at radius 1 is 1.38 bits per heavy atom. The lowest BCUT2D eigenvalue weighted by Crippen LogP contribution is -2.40. The molecular formula is C12H25N3O. The van der Waals surface area contributed by atoms with Crippen LogP contribution < -0.4 is 5.73 Å². The minimum Gasteiger partial charge on any atom is -0.341 e. The number of nitrogens with zero attached hydrogens (tertiary/aromatic N) is 2. The summed E-state index contributed by atoms with van der Waals surface area (Å²) in [6, 6.07) is 0.113. The number of likely N-dealkylation sites (N-methyl/N-ethyl adjacent to an activating group) is 1. The van der Waals surface area contributed by atoms with Crippen molar-refractivity contribution in [2.75, 3.05) is 33.7 Å². The van der Waals surface area contributed by atoms with Crippen LogP contribution in [-0.2, 0) is 4.79 Å². The summed E-state index contributed by atoms with van der Waals surface area (Å²) in [5.74, 6) is 0.866. The Morgan fingerprint density at radius 3 is 2.31 bits per heavy atom. The van der Waals surface area contributed by atoms with Crippen LogP contribution >= 0.6 is 0 Å². The van der Waals surface area contributed by atoms with Crippen molar-refractivity contribution >= 4 is 5.91 Å². The van der Waals surface area contributed by atoms with Crippen molar-refractivity contribution in [3.8, 4) is 0 Å². The number of rotatable bonds is 6. The minimum absolute atomic E-state index is 0.0981. The lowest BCUT2D eigenvalue weighted by Gasteiger charge is -2.26. The zero-order valence-electron chi connectivity index (χ0n) is 10.9. The van der Waals surface area contributed by atoms with Gasteiger partial charge in [-0.2, -0.15) is 0 Å². The molecule has 2 N–H and O–H groups in total. The van der Waals surface area contributed by atoms with Crippen LogP contribution in [0, 0.1) is 11.8 Å². The highest BCUT2D eigenvalue weighted by Crippen LogP contribution is 2.30. The largest absolute Gasteiger partial charge is 0.341 e. The van der Waals surface area contributed by atoms with Gasteiger partial charge in [0.1, 0.15) is 0 Å². The van der Waals surface area contributed by atoms with E-state index in [4.69, 9.17) is 5.73 Å². The summed E-state index contributed by atoms with van der Waals surface area (Å²) < 4.78 is 0. The first-order chi connectivity index (χ1) is 7.41. The molecule has 2 unspecified atom stereocenters. The molecule has 0 aromatic heterocycles. The van der Waals surface area contributed by atoms with E-state index in [0.29, 0.717) is 5.92 Å². The van der Waals surface area contributed by atoms with Crippen molar-refractivity contribution in [3.05, 3.63) is 0 Å². The Morgan fingerprint density at radius 2 is 1.94 bits per heavy atom. The van der Waals surface area contributed by atoms with Gasteiger partial charge in [0.25, 0.3) is 0 Å². The third-order valence-electron chi connectivity index (χ3n) is 2.87. The molecule has 1 rings (SSSR count).